The Balaban J connectivity index is 1.85. The van der Waals surface area contributed by atoms with Crippen LogP contribution < -0.4 is 0 Å². The second kappa shape index (κ2) is 6.77. The van der Waals surface area contributed by atoms with E-state index in [1.807, 2.05) is 17.8 Å². The lowest BCUT2D eigenvalue weighted by atomic mass is 9.76. The number of benzene rings is 1. The van der Waals surface area contributed by atoms with E-state index in [4.69, 9.17) is 5.11 Å². The van der Waals surface area contributed by atoms with Crippen LogP contribution in [-0.2, 0) is 16.6 Å². The third-order valence-corrected chi connectivity index (χ3v) is 5.62. The highest BCUT2D eigenvalue weighted by Crippen LogP contribution is 2.50. The van der Waals surface area contributed by atoms with Crippen LogP contribution in [0.1, 0.15) is 56.6 Å². The number of fused-ring (bicyclic) bond motifs is 1. The molecular formula is C21H22N2O2S. The van der Waals surface area contributed by atoms with Crippen molar-refractivity contribution in [2.45, 2.75) is 55.6 Å². The highest BCUT2D eigenvalue weighted by molar-refractivity contribution is 8.00. The molecule has 0 saturated heterocycles. The second-order valence-corrected chi connectivity index (χ2v) is 9.61. The van der Waals surface area contributed by atoms with Crippen molar-refractivity contribution in [2.24, 2.45) is 0 Å². The van der Waals surface area contributed by atoms with Crippen LogP contribution in [-0.4, -0.2) is 26.0 Å². The Morgan fingerprint density at radius 2 is 1.92 bits per heavy atom. The summed E-state index contributed by atoms with van der Waals surface area (Å²) in [5.74, 6) is 5.25. The molecule has 0 unspecified atom stereocenters. The molecule has 26 heavy (non-hydrogen) atoms. The van der Waals surface area contributed by atoms with Crippen LogP contribution in [0.4, 0.5) is 0 Å². The topological polar surface area (TPSA) is 63.1 Å². The van der Waals surface area contributed by atoms with Crippen LogP contribution in [0, 0.1) is 11.8 Å². The molecule has 0 bridgehead atoms. The standard InChI is InChI=1S/C21H22N2O2S/c1-20(2)13-21(3,4)26-18-10-6-14(11-17(18)20)5-7-15-8-9-16(23-22-15)12-19(24)25/h6,8-11H,12-13H2,1-4H3,(H,24,25). The average molecular weight is 366 g/mol. The molecule has 1 aliphatic heterocycles. The van der Waals surface area contributed by atoms with E-state index in [0.717, 1.165) is 12.0 Å². The van der Waals surface area contributed by atoms with E-state index in [2.05, 4.69) is 61.9 Å². The highest BCUT2D eigenvalue weighted by Gasteiger charge is 2.37. The number of carboxylic acids is 1. The summed E-state index contributed by atoms with van der Waals surface area (Å²) >= 11 is 1.93. The first-order valence-corrected chi connectivity index (χ1v) is 9.36. The van der Waals surface area contributed by atoms with Crippen molar-refractivity contribution in [1.29, 1.82) is 0 Å². The highest BCUT2D eigenvalue weighted by atomic mass is 32.2. The van der Waals surface area contributed by atoms with E-state index < -0.39 is 5.97 Å². The molecule has 0 spiro atoms. The van der Waals surface area contributed by atoms with E-state index in [0.29, 0.717) is 11.4 Å². The molecule has 134 valence electrons. The fourth-order valence-corrected chi connectivity index (χ4v) is 5.14. The van der Waals surface area contributed by atoms with Crippen LogP contribution in [0.25, 0.3) is 0 Å². The first kappa shape index (κ1) is 18.5. The largest absolute Gasteiger partial charge is 0.481 e. The number of thioether (sulfide) groups is 1. The molecule has 0 saturated carbocycles. The van der Waals surface area contributed by atoms with Gasteiger partial charge in [0.25, 0.3) is 0 Å². The first-order chi connectivity index (χ1) is 12.1. The molecule has 2 aromatic rings. The second-order valence-electron chi connectivity index (χ2n) is 7.86. The predicted octanol–water partition coefficient (Wildman–Crippen LogP) is 4.06. The van der Waals surface area contributed by atoms with Gasteiger partial charge in [0.15, 0.2) is 0 Å². The van der Waals surface area contributed by atoms with Crippen LogP contribution in [0.3, 0.4) is 0 Å². The summed E-state index contributed by atoms with van der Waals surface area (Å²) in [6.07, 6.45) is 0.986. The molecule has 4 nitrogen and oxygen atoms in total. The number of nitrogens with zero attached hydrogens (tertiary/aromatic N) is 2. The maximum absolute atomic E-state index is 10.7. The van der Waals surface area contributed by atoms with Gasteiger partial charge < -0.3 is 5.11 Å². The molecule has 1 aromatic heterocycles. The number of carboxylic acid groups (broad SMARTS) is 1. The molecule has 0 fully saturated rings. The summed E-state index contributed by atoms with van der Waals surface area (Å²) in [4.78, 5) is 12.0. The lowest BCUT2D eigenvalue weighted by Crippen LogP contribution is -2.33. The van der Waals surface area contributed by atoms with Crippen molar-refractivity contribution in [3.8, 4) is 11.8 Å². The maximum Gasteiger partial charge on any atom is 0.309 e. The Hall–Kier alpha value is -2.32. The monoisotopic (exact) mass is 366 g/mol. The van der Waals surface area contributed by atoms with Crippen molar-refractivity contribution >= 4 is 17.7 Å². The third-order valence-electron chi connectivity index (χ3n) is 4.35. The van der Waals surface area contributed by atoms with Gasteiger partial charge in [0.05, 0.1) is 12.1 Å². The molecule has 5 heteroatoms. The average Bonchev–Trinajstić information content (AvgIpc) is 2.52. The number of aromatic nitrogens is 2. The van der Waals surface area contributed by atoms with Crippen molar-refractivity contribution < 1.29 is 9.90 Å². The van der Waals surface area contributed by atoms with E-state index in [9.17, 15) is 4.79 Å². The van der Waals surface area contributed by atoms with Gasteiger partial charge in [-0.05, 0) is 53.7 Å². The van der Waals surface area contributed by atoms with Crippen molar-refractivity contribution in [1.82, 2.24) is 10.2 Å². The summed E-state index contributed by atoms with van der Waals surface area (Å²) in [7, 11) is 0. The van der Waals surface area contributed by atoms with Crippen molar-refractivity contribution in [3.05, 3.63) is 52.8 Å². The van der Waals surface area contributed by atoms with Gasteiger partial charge in [0.2, 0.25) is 0 Å². The molecule has 3 rings (SSSR count). The van der Waals surface area contributed by atoms with E-state index in [1.54, 1.807) is 12.1 Å². The van der Waals surface area contributed by atoms with Gasteiger partial charge >= 0.3 is 5.97 Å². The number of rotatable bonds is 2. The molecule has 0 atom stereocenters. The lowest BCUT2D eigenvalue weighted by molar-refractivity contribution is -0.136. The van der Waals surface area contributed by atoms with Gasteiger partial charge in [0, 0.05) is 15.2 Å². The number of hydrogen-bond acceptors (Lipinski definition) is 4. The smallest absolute Gasteiger partial charge is 0.309 e. The summed E-state index contributed by atoms with van der Waals surface area (Å²) in [6, 6.07) is 9.74. The van der Waals surface area contributed by atoms with E-state index >= 15 is 0 Å². The molecule has 0 amide bonds. The Kier molecular flexibility index (Phi) is 4.81. The molecule has 0 radical (unpaired) electrons. The van der Waals surface area contributed by atoms with Crippen molar-refractivity contribution in [2.75, 3.05) is 0 Å². The Morgan fingerprint density at radius 3 is 2.58 bits per heavy atom. The minimum atomic E-state index is -0.921. The minimum absolute atomic E-state index is 0.111. The zero-order valence-electron chi connectivity index (χ0n) is 15.5. The predicted molar refractivity (Wildman–Crippen MR) is 103 cm³/mol. The zero-order chi connectivity index (χ0) is 18.9. The molecule has 2 heterocycles. The number of hydrogen-bond donors (Lipinski definition) is 1. The molecule has 1 aromatic carbocycles. The fraction of sp³-hybridized carbons (Fsp3) is 0.381. The summed E-state index contributed by atoms with van der Waals surface area (Å²) < 4.78 is 0.233. The summed E-state index contributed by atoms with van der Waals surface area (Å²) in [5, 5.41) is 16.7. The van der Waals surface area contributed by atoms with Gasteiger partial charge in [-0.3, -0.25) is 4.79 Å². The molecule has 1 aliphatic rings. The Morgan fingerprint density at radius 1 is 1.15 bits per heavy atom. The van der Waals surface area contributed by atoms with Crippen LogP contribution >= 0.6 is 11.8 Å². The molecule has 1 N–H and O–H groups in total. The third kappa shape index (κ3) is 4.25. The Bertz CT molecular complexity index is 906. The summed E-state index contributed by atoms with van der Waals surface area (Å²) in [5.41, 5.74) is 3.37. The lowest BCUT2D eigenvalue weighted by Gasteiger charge is -2.41. The van der Waals surface area contributed by atoms with Gasteiger partial charge in [-0.15, -0.1) is 16.9 Å². The molecular weight excluding hydrogens is 344 g/mol. The van der Waals surface area contributed by atoms with Crippen LogP contribution in [0.5, 0.6) is 0 Å². The maximum atomic E-state index is 10.7. The normalized spacial score (nSPS) is 16.9. The van der Waals surface area contributed by atoms with E-state index in [1.165, 1.54) is 10.5 Å². The van der Waals surface area contributed by atoms with Gasteiger partial charge in [-0.25, -0.2) is 0 Å². The van der Waals surface area contributed by atoms with Crippen LogP contribution in [0.15, 0.2) is 35.2 Å². The Labute approximate surface area is 158 Å². The van der Waals surface area contributed by atoms with Crippen LogP contribution in [0.2, 0.25) is 0 Å². The van der Waals surface area contributed by atoms with Crippen molar-refractivity contribution in [3.63, 3.8) is 0 Å². The van der Waals surface area contributed by atoms with Gasteiger partial charge in [-0.2, -0.15) is 5.10 Å². The number of aliphatic carboxylic acids is 1. The SMILES string of the molecule is CC1(C)CC(C)(C)c2cc(C#Cc3ccc(CC(=O)O)nn3)ccc2S1. The first-order valence-electron chi connectivity index (χ1n) is 8.55. The quantitative estimate of drug-likeness (QED) is 0.812. The molecule has 0 aliphatic carbocycles. The number of carbonyl (C=O) groups is 1. The van der Waals surface area contributed by atoms with E-state index in [-0.39, 0.29) is 16.6 Å². The van der Waals surface area contributed by atoms with Gasteiger partial charge in [-0.1, -0.05) is 33.6 Å². The minimum Gasteiger partial charge on any atom is -0.481 e. The van der Waals surface area contributed by atoms with Gasteiger partial charge in [0.1, 0.15) is 5.69 Å². The zero-order valence-corrected chi connectivity index (χ0v) is 16.3. The fourth-order valence-electron chi connectivity index (χ4n) is 3.53. The summed E-state index contributed by atoms with van der Waals surface area (Å²) in [6.45, 7) is 9.17.